The average Bonchev–Trinajstić information content (AvgIpc) is 2.98. The van der Waals surface area contributed by atoms with E-state index in [4.69, 9.17) is 10.3 Å². The van der Waals surface area contributed by atoms with Gasteiger partial charge in [-0.1, -0.05) is 5.16 Å². The number of nitrogens with zero attached hydrogens (tertiary/aromatic N) is 4. The number of anilines is 1. The summed E-state index contributed by atoms with van der Waals surface area (Å²) in [5.74, 6) is 1.03. The van der Waals surface area contributed by atoms with Gasteiger partial charge in [0.25, 0.3) is 5.89 Å². The third kappa shape index (κ3) is 1.78. The summed E-state index contributed by atoms with van der Waals surface area (Å²) in [6.07, 6.45) is 3.54. The van der Waals surface area contributed by atoms with E-state index in [0.29, 0.717) is 11.7 Å². The van der Waals surface area contributed by atoms with E-state index in [9.17, 15) is 0 Å². The molecule has 92 valence electrons. The molecule has 0 spiro atoms. The van der Waals surface area contributed by atoms with Gasteiger partial charge >= 0.3 is 0 Å². The lowest BCUT2D eigenvalue weighted by Crippen LogP contribution is -1.84. The Bertz CT molecular complexity index is 696. The van der Waals surface area contributed by atoms with Crippen molar-refractivity contribution < 1.29 is 4.52 Å². The van der Waals surface area contributed by atoms with Crippen molar-refractivity contribution >= 4 is 16.3 Å². The fourth-order valence-corrected chi connectivity index (χ4v) is 2.55. The second-order valence-electron chi connectivity index (χ2n) is 3.99. The van der Waals surface area contributed by atoms with Crippen LogP contribution >= 0.6 is 11.3 Å². The fourth-order valence-electron chi connectivity index (χ4n) is 1.69. The van der Waals surface area contributed by atoms with Crippen molar-refractivity contribution in [1.29, 1.82) is 0 Å². The topological polar surface area (TPSA) is 82.8 Å². The van der Waals surface area contributed by atoms with E-state index in [-0.39, 0.29) is 0 Å². The third-order valence-electron chi connectivity index (χ3n) is 2.52. The zero-order valence-electron chi connectivity index (χ0n) is 9.91. The van der Waals surface area contributed by atoms with Crippen molar-refractivity contribution in [2.45, 2.75) is 6.92 Å². The van der Waals surface area contributed by atoms with E-state index in [1.807, 2.05) is 26.2 Å². The SMILES string of the molecule is Cc1cc(N)sc1-c1nc(-c2cnn(C)c2)no1. The van der Waals surface area contributed by atoms with Gasteiger partial charge in [-0.05, 0) is 18.6 Å². The Morgan fingerprint density at radius 2 is 2.28 bits per heavy atom. The zero-order chi connectivity index (χ0) is 12.7. The minimum Gasteiger partial charge on any atom is -0.391 e. The van der Waals surface area contributed by atoms with Crippen LogP contribution in [-0.4, -0.2) is 19.9 Å². The highest BCUT2D eigenvalue weighted by Gasteiger charge is 2.15. The van der Waals surface area contributed by atoms with Gasteiger partial charge in [0.2, 0.25) is 5.82 Å². The maximum Gasteiger partial charge on any atom is 0.268 e. The molecule has 0 aliphatic rings. The minimum absolute atomic E-state index is 0.494. The largest absolute Gasteiger partial charge is 0.391 e. The predicted molar refractivity (Wildman–Crippen MR) is 69.0 cm³/mol. The second kappa shape index (κ2) is 3.95. The van der Waals surface area contributed by atoms with Crippen molar-refractivity contribution in [3.63, 3.8) is 0 Å². The highest BCUT2D eigenvalue weighted by atomic mass is 32.1. The molecule has 6 nitrogen and oxygen atoms in total. The number of aromatic nitrogens is 4. The minimum atomic E-state index is 0.494. The predicted octanol–water partition coefficient (Wildman–Crippen LogP) is 2.09. The Morgan fingerprint density at radius 3 is 2.89 bits per heavy atom. The van der Waals surface area contributed by atoms with Gasteiger partial charge in [-0.2, -0.15) is 10.1 Å². The molecule has 0 aliphatic carbocycles. The molecular weight excluding hydrogens is 250 g/mol. The van der Waals surface area contributed by atoms with Crippen molar-refractivity contribution in [3.05, 3.63) is 24.0 Å². The van der Waals surface area contributed by atoms with Gasteiger partial charge in [0, 0.05) is 13.2 Å². The third-order valence-corrected chi connectivity index (χ3v) is 3.57. The molecule has 0 aliphatic heterocycles. The molecule has 0 amide bonds. The van der Waals surface area contributed by atoms with Crippen molar-refractivity contribution in [1.82, 2.24) is 19.9 Å². The Balaban J connectivity index is 2.01. The molecule has 2 N–H and O–H groups in total. The van der Waals surface area contributed by atoms with Crippen LogP contribution < -0.4 is 5.73 Å². The number of nitrogen functional groups attached to an aromatic ring is 1. The molecule has 0 fully saturated rings. The van der Waals surface area contributed by atoms with Crippen LogP contribution in [0, 0.1) is 6.92 Å². The smallest absolute Gasteiger partial charge is 0.268 e. The van der Waals surface area contributed by atoms with Crippen LogP contribution in [0.15, 0.2) is 23.0 Å². The summed E-state index contributed by atoms with van der Waals surface area (Å²) in [6.45, 7) is 1.97. The van der Waals surface area contributed by atoms with Crippen LogP contribution in [0.3, 0.4) is 0 Å². The maximum atomic E-state index is 5.75. The normalized spacial score (nSPS) is 11.0. The number of thiophene rings is 1. The monoisotopic (exact) mass is 261 g/mol. The van der Waals surface area contributed by atoms with E-state index < -0.39 is 0 Å². The quantitative estimate of drug-likeness (QED) is 0.763. The molecule has 3 rings (SSSR count). The molecule has 0 saturated carbocycles. The summed E-state index contributed by atoms with van der Waals surface area (Å²) in [4.78, 5) is 5.27. The van der Waals surface area contributed by atoms with Gasteiger partial charge in [0.15, 0.2) is 0 Å². The highest BCUT2D eigenvalue weighted by Crippen LogP contribution is 2.33. The Labute approximate surface area is 107 Å². The van der Waals surface area contributed by atoms with Crippen LogP contribution in [-0.2, 0) is 7.05 Å². The van der Waals surface area contributed by atoms with Crippen LogP contribution in [0.25, 0.3) is 22.2 Å². The molecule has 3 aromatic rings. The Hall–Kier alpha value is -2.15. The van der Waals surface area contributed by atoms with E-state index >= 15 is 0 Å². The fraction of sp³-hybridized carbons (Fsp3) is 0.182. The molecule has 3 aromatic heterocycles. The molecule has 3 heterocycles. The van der Waals surface area contributed by atoms with Gasteiger partial charge in [-0.3, -0.25) is 4.68 Å². The van der Waals surface area contributed by atoms with Gasteiger partial charge in [0.1, 0.15) is 0 Å². The summed E-state index contributed by atoms with van der Waals surface area (Å²) < 4.78 is 6.96. The summed E-state index contributed by atoms with van der Waals surface area (Å²) in [5.41, 5.74) is 7.62. The van der Waals surface area contributed by atoms with Gasteiger partial charge in [-0.15, -0.1) is 11.3 Å². The molecule has 18 heavy (non-hydrogen) atoms. The summed E-state index contributed by atoms with van der Waals surface area (Å²) in [5, 5.41) is 8.77. The van der Waals surface area contributed by atoms with E-state index in [1.54, 1.807) is 10.9 Å². The standard InChI is InChI=1S/C11H11N5OS/c1-6-3-8(12)18-9(6)11-14-10(15-17-11)7-4-13-16(2)5-7/h3-5H,12H2,1-2H3. The van der Waals surface area contributed by atoms with Gasteiger partial charge in [0.05, 0.1) is 21.6 Å². The first-order valence-corrected chi connectivity index (χ1v) is 6.14. The molecule has 0 aromatic carbocycles. The molecule has 0 atom stereocenters. The van der Waals surface area contributed by atoms with Gasteiger partial charge in [-0.25, -0.2) is 0 Å². The number of hydrogen-bond donors (Lipinski definition) is 1. The second-order valence-corrected chi connectivity index (χ2v) is 5.07. The van der Waals surface area contributed by atoms with Crippen LogP contribution in [0.4, 0.5) is 5.00 Å². The lowest BCUT2D eigenvalue weighted by Gasteiger charge is -1.88. The first-order valence-electron chi connectivity index (χ1n) is 5.32. The lowest BCUT2D eigenvalue weighted by atomic mass is 10.3. The number of aryl methyl sites for hydroxylation is 2. The number of hydrogen-bond acceptors (Lipinski definition) is 6. The molecule has 7 heteroatoms. The van der Waals surface area contributed by atoms with E-state index in [0.717, 1.165) is 21.0 Å². The summed E-state index contributed by atoms with van der Waals surface area (Å²) in [6, 6.07) is 1.90. The van der Waals surface area contributed by atoms with Crippen LogP contribution in [0.2, 0.25) is 0 Å². The molecular formula is C11H11N5OS. The lowest BCUT2D eigenvalue weighted by molar-refractivity contribution is 0.433. The highest BCUT2D eigenvalue weighted by molar-refractivity contribution is 7.19. The van der Waals surface area contributed by atoms with E-state index in [2.05, 4.69) is 15.2 Å². The Morgan fingerprint density at radius 1 is 1.44 bits per heavy atom. The summed E-state index contributed by atoms with van der Waals surface area (Å²) >= 11 is 1.44. The van der Waals surface area contributed by atoms with Crippen LogP contribution in [0.1, 0.15) is 5.56 Å². The first kappa shape index (κ1) is 11.0. The van der Waals surface area contributed by atoms with Gasteiger partial charge < -0.3 is 10.3 Å². The average molecular weight is 261 g/mol. The number of rotatable bonds is 2. The van der Waals surface area contributed by atoms with Crippen molar-refractivity contribution in [2.24, 2.45) is 7.05 Å². The molecule has 0 unspecified atom stereocenters. The van der Waals surface area contributed by atoms with E-state index in [1.165, 1.54) is 11.3 Å². The zero-order valence-corrected chi connectivity index (χ0v) is 10.7. The first-order chi connectivity index (χ1) is 8.63. The molecule has 0 radical (unpaired) electrons. The Kier molecular flexibility index (Phi) is 2.41. The maximum absolute atomic E-state index is 5.75. The van der Waals surface area contributed by atoms with Crippen molar-refractivity contribution in [2.75, 3.05) is 5.73 Å². The summed E-state index contributed by atoms with van der Waals surface area (Å²) in [7, 11) is 1.84. The molecule has 0 bridgehead atoms. The number of nitrogens with two attached hydrogens (primary N) is 1. The van der Waals surface area contributed by atoms with Crippen molar-refractivity contribution in [3.8, 4) is 22.2 Å². The molecule has 0 saturated heterocycles. The van der Waals surface area contributed by atoms with Crippen LogP contribution in [0.5, 0.6) is 0 Å².